The minimum atomic E-state index is 0.955. The van der Waals surface area contributed by atoms with Crippen molar-refractivity contribution in [1.82, 2.24) is 10.3 Å². The Kier molecular flexibility index (Phi) is 2.83. The highest BCUT2D eigenvalue weighted by atomic mass is 15.0. The fourth-order valence-corrected chi connectivity index (χ4v) is 0.762. The van der Waals surface area contributed by atoms with Crippen molar-refractivity contribution in [2.24, 2.45) is 0 Å². The van der Waals surface area contributed by atoms with E-state index in [1.807, 2.05) is 25.4 Å². The molecule has 0 bridgehead atoms. The van der Waals surface area contributed by atoms with Crippen LogP contribution in [0.5, 0.6) is 0 Å². The van der Waals surface area contributed by atoms with E-state index >= 15 is 0 Å². The van der Waals surface area contributed by atoms with E-state index in [0.29, 0.717) is 0 Å². The fourth-order valence-electron chi connectivity index (χ4n) is 0.762. The summed E-state index contributed by atoms with van der Waals surface area (Å²) in [6.45, 7) is 1.94. The summed E-state index contributed by atoms with van der Waals surface area (Å²) in [5, 5.41) is 6.26. The van der Waals surface area contributed by atoms with Crippen molar-refractivity contribution >= 4 is 5.82 Å². The first kappa shape index (κ1) is 7.15. The highest BCUT2D eigenvalue weighted by molar-refractivity contribution is 5.33. The van der Waals surface area contributed by atoms with E-state index < -0.39 is 0 Å². The lowest BCUT2D eigenvalue weighted by atomic mass is 10.5. The summed E-state index contributed by atoms with van der Waals surface area (Å²) in [5.41, 5.74) is 0. The molecule has 0 unspecified atom stereocenters. The minimum absolute atomic E-state index is 0.955. The largest absolute Gasteiger partial charge is 0.370 e. The molecule has 0 amide bonds. The molecular formula is C7H13N3. The van der Waals surface area contributed by atoms with Crippen LogP contribution in [-0.4, -0.2) is 25.1 Å². The molecule has 1 aromatic heterocycles. The van der Waals surface area contributed by atoms with Gasteiger partial charge >= 0.3 is 0 Å². The number of nitrogens with one attached hydrogen (secondary N) is 3. The molecule has 0 spiro atoms. The molecule has 0 saturated heterocycles. The Bertz CT molecular complexity index is 157. The van der Waals surface area contributed by atoms with Crippen molar-refractivity contribution in [3.05, 3.63) is 18.3 Å². The van der Waals surface area contributed by atoms with Gasteiger partial charge in [0.25, 0.3) is 0 Å². The third-order valence-corrected chi connectivity index (χ3v) is 1.29. The summed E-state index contributed by atoms with van der Waals surface area (Å²) in [7, 11) is 1.94. The van der Waals surface area contributed by atoms with Gasteiger partial charge in [-0.05, 0) is 19.2 Å². The normalized spacial score (nSPS) is 9.70. The molecule has 0 atom stereocenters. The second kappa shape index (κ2) is 3.95. The van der Waals surface area contributed by atoms with Gasteiger partial charge in [-0.3, -0.25) is 0 Å². The molecule has 0 aliphatic heterocycles. The summed E-state index contributed by atoms with van der Waals surface area (Å²) >= 11 is 0. The SMILES string of the molecule is CNCCNc1ccc[nH]1. The highest BCUT2D eigenvalue weighted by Crippen LogP contribution is 1.98. The van der Waals surface area contributed by atoms with Gasteiger partial charge in [-0.15, -0.1) is 0 Å². The average Bonchev–Trinajstić information content (AvgIpc) is 2.41. The summed E-state index contributed by atoms with van der Waals surface area (Å²) in [6.07, 6.45) is 1.90. The van der Waals surface area contributed by atoms with Crippen LogP contribution in [0.25, 0.3) is 0 Å². The van der Waals surface area contributed by atoms with Gasteiger partial charge in [-0.1, -0.05) is 0 Å². The van der Waals surface area contributed by atoms with E-state index in [1.165, 1.54) is 0 Å². The molecule has 0 fully saturated rings. The van der Waals surface area contributed by atoms with E-state index in [2.05, 4.69) is 15.6 Å². The number of aromatic amines is 1. The molecule has 0 aliphatic carbocycles. The molecule has 3 N–H and O–H groups in total. The highest BCUT2D eigenvalue weighted by Gasteiger charge is 1.86. The molecule has 3 heteroatoms. The predicted octanol–water partition coefficient (Wildman–Crippen LogP) is 0.646. The Labute approximate surface area is 60.8 Å². The van der Waals surface area contributed by atoms with Crippen molar-refractivity contribution in [3.8, 4) is 0 Å². The first-order chi connectivity index (χ1) is 4.93. The molecule has 0 radical (unpaired) electrons. The van der Waals surface area contributed by atoms with Crippen LogP contribution in [0.3, 0.4) is 0 Å². The van der Waals surface area contributed by atoms with E-state index in [0.717, 1.165) is 18.9 Å². The van der Waals surface area contributed by atoms with E-state index in [-0.39, 0.29) is 0 Å². The molecule has 1 aromatic rings. The van der Waals surface area contributed by atoms with Gasteiger partial charge in [0.05, 0.1) is 0 Å². The van der Waals surface area contributed by atoms with Gasteiger partial charge in [0.2, 0.25) is 0 Å². The van der Waals surface area contributed by atoms with Crippen LogP contribution in [0.4, 0.5) is 5.82 Å². The first-order valence-electron chi connectivity index (χ1n) is 3.45. The fraction of sp³-hybridized carbons (Fsp3) is 0.429. The molecule has 0 aromatic carbocycles. The van der Waals surface area contributed by atoms with Gasteiger partial charge in [-0.25, -0.2) is 0 Å². The summed E-state index contributed by atoms with van der Waals surface area (Å²) in [4.78, 5) is 3.06. The number of anilines is 1. The predicted molar refractivity (Wildman–Crippen MR) is 43.2 cm³/mol. The van der Waals surface area contributed by atoms with Gasteiger partial charge < -0.3 is 15.6 Å². The molecule has 0 saturated carbocycles. The van der Waals surface area contributed by atoms with Gasteiger partial charge in [0.15, 0.2) is 0 Å². The number of rotatable bonds is 4. The maximum atomic E-state index is 3.21. The molecule has 0 aliphatic rings. The van der Waals surface area contributed by atoms with Crippen molar-refractivity contribution in [2.75, 3.05) is 25.5 Å². The quantitative estimate of drug-likeness (QED) is 0.536. The van der Waals surface area contributed by atoms with E-state index in [1.54, 1.807) is 0 Å². The Balaban J connectivity index is 2.15. The van der Waals surface area contributed by atoms with Crippen molar-refractivity contribution in [2.45, 2.75) is 0 Å². The Morgan fingerprint density at radius 2 is 2.40 bits per heavy atom. The second-order valence-corrected chi connectivity index (χ2v) is 2.11. The number of aromatic nitrogens is 1. The molecule has 56 valence electrons. The van der Waals surface area contributed by atoms with Gasteiger partial charge in [0, 0.05) is 19.3 Å². The maximum absolute atomic E-state index is 3.21. The zero-order chi connectivity index (χ0) is 7.23. The van der Waals surface area contributed by atoms with Crippen LogP contribution in [-0.2, 0) is 0 Å². The summed E-state index contributed by atoms with van der Waals surface area (Å²) < 4.78 is 0. The van der Waals surface area contributed by atoms with Crippen LogP contribution in [0, 0.1) is 0 Å². The monoisotopic (exact) mass is 139 g/mol. The van der Waals surface area contributed by atoms with Crippen LogP contribution < -0.4 is 10.6 Å². The third kappa shape index (κ3) is 2.11. The second-order valence-electron chi connectivity index (χ2n) is 2.11. The lowest BCUT2D eigenvalue weighted by Crippen LogP contribution is -2.17. The molecular weight excluding hydrogens is 126 g/mol. The summed E-state index contributed by atoms with van der Waals surface area (Å²) in [5.74, 6) is 1.08. The van der Waals surface area contributed by atoms with Crippen molar-refractivity contribution in [1.29, 1.82) is 0 Å². The zero-order valence-electron chi connectivity index (χ0n) is 6.15. The number of hydrogen-bond acceptors (Lipinski definition) is 2. The van der Waals surface area contributed by atoms with Crippen LogP contribution in [0.15, 0.2) is 18.3 Å². The molecule has 10 heavy (non-hydrogen) atoms. The average molecular weight is 139 g/mol. The Morgan fingerprint density at radius 1 is 1.50 bits per heavy atom. The Hall–Kier alpha value is -0.960. The molecule has 1 heterocycles. The smallest absolute Gasteiger partial charge is 0.103 e. The van der Waals surface area contributed by atoms with Crippen molar-refractivity contribution in [3.63, 3.8) is 0 Å². The number of likely N-dealkylation sites (N-methyl/N-ethyl adjacent to an activating group) is 1. The van der Waals surface area contributed by atoms with Crippen LogP contribution >= 0.6 is 0 Å². The third-order valence-electron chi connectivity index (χ3n) is 1.29. The standard InChI is InChI=1S/C7H13N3/c1-8-5-6-10-7-3-2-4-9-7/h2-4,8-10H,5-6H2,1H3. The van der Waals surface area contributed by atoms with Crippen LogP contribution in [0.1, 0.15) is 0 Å². The lowest BCUT2D eigenvalue weighted by molar-refractivity contribution is 0.822. The lowest BCUT2D eigenvalue weighted by Gasteiger charge is -2.01. The van der Waals surface area contributed by atoms with Gasteiger partial charge in [-0.2, -0.15) is 0 Å². The summed E-state index contributed by atoms with van der Waals surface area (Å²) in [6, 6.07) is 3.98. The number of H-pyrrole nitrogens is 1. The maximum Gasteiger partial charge on any atom is 0.103 e. The van der Waals surface area contributed by atoms with Crippen LogP contribution in [0.2, 0.25) is 0 Å². The van der Waals surface area contributed by atoms with E-state index in [4.69, 9.17) is 0 Å². The number of hydrogen-bond donors (Lipinski definition) is 3. The first-order valence-corrected chi connectivity index (χ1v) is 3.45. The zero-order valence-corrected chi connectivity index (χ0v) is 6.15. The molecule has 1 rings (SSSR count). The Morgan fingerprint density at radius 3 is 3.00 bits per heavy atom. The molecule has 3 nitrogen and oxygen atoms in total. The topological polar surface area (TPSA) is 39.8 Å². The van der Waals surface area contributed by atoms with Gasteiger partial charge in [0.1, 0.15) is 5.82 Å². The van der Waals surface area contributed by atoms with Crippen molar-refractivity contribution < 1.29 is 0 Å². The minimum Gasteiger partial charge on any atom is -0.370 e. The van der Waals surface area contributed by atoms with E-state index in [9.17, 15) is 0 Å².